The fourth-order valence-electron chi connectivity index (χ4n) is 7.46. The number of amides is 5. The Kier molecular flexibility index (Phi) is 10.0. The number of ether oxygens (including phenoxy) is 1. The first-order chi connectivity index (χ1) is 26.8. The van der Waals surface area contributed by atoms with Gasteiger partial charge in [-0.2, -0.15) is 5.10 Å². The van der Waals surface area contributed by atoms with E-state index in [1.165, 1.54) is 18.1 Å². The summed E-state index contributed by atoms with van der Waals surface area (Å²) >= 11 is 1.45. The number of para-hydroxylation sites is 1. The van der Waals surface area contributed by atoms with E-state index in [-0.39, 0.29) is 35.9 Å². The SMILES string of the molecule is Nc1ncnc2c1c(-c1ccc(Oc3ccccc3)cc1)nn2C1CCCN(C(=O)CCCCSc2cccc3c2C(=O)N(C2CCC(=O)NC2=O)C3=O)C1. The number of thioether (sulfide) groups is 1. The van der Waals surface area contributed by atoms with E-state index in [2.05, 4.69) is 15.3 Å². The first-order valence-electron chi connectivity index (χ1n) is 18.3. The number of nitrogens with zero attached hydrogens (tertiary/aromatic N) is 6. The summed E-state index contributed by atoms with van der Waals surface area (Å²) in [5.41, 5.74) is 9.07. The number of hydrogen-bond acceptors (Lipinski definition) is 11. The number of piperidine rings is 2. The highest BCUT2D eigenvalue weighted by molar-refractivity contribution is 7.99. The molecule has 3 N–H and O–H groups in total. The van der Waals surface area contributed by atoms with Gasteiger partial charge in [0.25, 0.3) is 11.8 Å². The summed E-state index contributed by atoms with van der Waals surface area (Å²) in [5, 5.41) is 7.90. The number of fused-ring (bicyclic) bond motifs is 2. The largest absolute Gasteiger partial charge is 0.457 e. The van der Waals surface area contributed by atoms with Crippen LogP contribution in [-0.4, -0.2) is 84.0 Å². The number of nitrogen functional groups attached to an aromatic ring is 1. The lowest BCUT2D eigenvalue weighted by atomic mass is 10.0. The van der Waals surface area contributed by atoms with Crippen LogP contribution in [-0.2, 0) is 14.4 Å². The number of aromatic nitrogens is 4. The van der Waals surface area contributed by atoms with Gasteiger partial charge in [-0.3, -0.25) is 34.2 Å². The van der Waals surface area contributed by atoms with Crippen LogP contribution in [0.25, 0.3) is 22.3 Å². The molecule has 0 radical (unpaired) electrons. The Labute approximate surface area is 320 Å². The van der Waals surface area contributed by atoms with Gasteiger partial charge in [-0.05, 0) is 86.4 Å². The lowest BCUT2D eigenvalue weighted by molar-refractivity contribution is -0.136. The number of hydrogen-bond donors (Lipinski definition) is 2. The molecule has 3 aliphatic rings. The number of unbranched alkanes of at least 4 members (excludes halogenated alkanes) is 1. The number of likely N-dealkylation sites (tertiary alicyclic amines) is 1. The number of nitrogens with one attached hydrogen (secondary N) is 1. The van der Waals surface area contributed by atoms with Gasteiger partial charge in [0.15, 0.2) is 5.65 Å². The first kappa shape index (κ1) is 35.9. The van der Waals surface area contributed by atoms with Gasteiger partial charge in [0, 0.05) is 36.4 Å². The Morgan fingerprint density at radius 2 is 1.71 bits per heavy atom. The van der Waals surface area contributed by atoms with Gasteiger partial charge >= 0.3 is 0 Å². The minimum absolute atomic E-state index is 0.0644. The number of carbonyl (C=O) groups is 5. The van der Waals surface area contributed by atoms with Crippen LogP contribution in [0, 0.1) is 0 Å². The molecular formula is C40H38N8O6S. The van der Waals surface area contributed by atoms with E-state index in [1.54, 1.807) is 18.2 Å². The molecule has 280 valence electrons. The normalized spacial score (nSPS) is 18.5. The fourth-order valence-corrected chi connectivity index (χ4v) is 8.55. The highest BCUT2D eigenvalue weighted by atomic mass is 32.2. The van der Waals surface area contributed by atoms with Gasteiger partial charge in [0.05, 0.1) is 22.6 Å². The molecule has 2 fully saturated rings. The summed E-state index contributed by atoms with van der Waals surface area (Å²) < 4.78 is 7.86. The number of anilines is 1. The van der Waals surface area contributed by atoms with Crippen LogP contribution >= 0.6 is 11.8 Å². The van der Waals surface area contributed by atoms with Crippen molar-refractivity contribution in [1.29, 1.82) is 0 Å². The molecule has 0 aliphatic carbocycles. The Morgan fingerprint density at radius 3 is 2.51 bits per heavy atom. The topological polar surface area (TPSA) is 183 Å². The molecule has 3 aromatic carbocycles. The van der Waals surface area contributed by atoms with Gasteiger partial charge in [-0.25, -0.2) is 14.6 Å². The fraction of sp³-hybridized carbons (Fsp3) is 0.300. The maximum atomic E-state index is 13.5. The third-order valence-electron chi connectivity index (χ3n) is 10.2. The molecule has 2 aromatic heterocycles. The van der Waals surface area contributed by atoms with Crippen LogP contribution in [0.1, 0.15) is 71.7 Å². The Bertz CT molecular complexity index is 2310. The zero-order valence-corrected chi connectivity index (χ0v) is 30.7. The first-order valence-corrected chi connectivity index (χ1v) is 19.3. The van der Waals surface area contributed by atoms with Crippen LogP contribution in [0.5, 0.6) is 11.5 Å². The molecule has 0 saturated carbocycles. The molecule has 55 heavy (non-hydrogen) atoms. The van der Waals surface area contributed by atoms with Crippen LogP contribution < -0.4 is 15.8 Å². The van der Waals surface area contributed by atoms with Crippen molar-refractivity contribution in [2.24, 2.45) is 0 Å². The third-order valence-corrected chi connectivity index (χ3v) is 11.3. The summed E-state index contributed by atoms with van der Waals surface area (Å²) in [7, 11) is 0. The molecule has 5 aromatic rings. The molecule has 8 rings (SSSR count). The summed E-state index contributed by atoms with van der Waals surface area (Å²) in [5.74, 6) is 0.365. The van der Waals surface area contributed by atoms with Crippen molar-refractivity contribution < 1.29 is 28.7 Å². The number of nitrogens with two attached hydrogens (primary N) is 1. The van der Waals surface area contributed by atoms with E-state index in [0.717, 1.165) is 35.5 Å². The monoisotopic (exact) mass is 758 g/mol. The number of carbonyl (C=O) groups excluding carboxylic acids is 5. The van der Waals surface area contributed by atoms with Crippen LogP contribution in [0.15, 0.2) is 84.0 Å². The van der Waals surface area contributed by atoms with Gasteiger partial charge in [0.2, 0.25) is 17.7 Å². The smallest absolute Gasteiger partial charge is 0.263 e. The molecular weight excluding hydrogens is 721 g/mol. The second kappa shape index (κ2) is 15.3. The molecule has 2 saturated heterocycles. The number of rotatable bonds is 11. The minimum atomic E-state index is -1.01. The summed E-state index contributed by atoms with van der Waals surface area (Å²) in [6.07, 6.45) is 4.99. The third kappa shape index (κ3) is 7.14. The van der Waals surface area contributed by atoms with Gasteiger partial charge in [-0.1, -0.05) is 24.3 Å². The predicted octanol–water partition coefficient (Wildman–Crippen LogP) is 5.40. The van der Waals surface area contributed by atoms with Crippen LogP contribution in [0.2, 0.25) is 0 Å². The summed E-state index contributed by atoms with van der Waals surface area (Å²) in [4.78, 5) is 76.5. The minimum Gasteiger partial charge on any atom is -0.457 e. The van der Waals surface area contributed by atoms with E-state index in [4.69, 9.17) is 15.6 Å². The molecule has 2 unspecified atom stereocenters. The van der Waals surface area contributed by atoms with Crippen LogP contribution in [0.4, 0.5) is 5.82 Å². The zero-order valence-electron chi connectivity index (χ0n) is 29.8. The van der Waals surface area contributed by atoms with E-state index >= 15 is 0 Å². The highest BCUT2D eigenvalue weighted by Gasteiger charge is 2.45. The average molecular weight is 759 g/mol. The Hall–Kier alpha value is -6.09. The van der Waals surface area contributed by atoms with Crippen molar-refractivity contribution in [3.63, 3.8) is 0 Å². The quantitative estimate of drug-likeness (QED) is 0.100. The second-order valence-electron chi connectivity index (χ2n) is 13.8. The average Bonchev–Trinajstić information content (AvgIpc) is 3.71. The molecule has 2 atom stereocenters. The van der Waals surface area contributed by atoms with Gasteiger partial charge in [0.1, 0.15) is 35.4 Å². The van der Waals surface area contributed by atoms with Crippen molar-refractivity contribution in [3.05, 3.63) is 90.3 Å². The van der Waals surface area contributed by atoms with Crippen LogP contribution in [0.3, 0.4) is 0 Å². The van der Waals surface area contributed by atoms with Crippen molar-refractivity contribution in [1.82, 2.24) is 34.9 Å². The van der Waals surface area contributed by atoms with Gasteiger partial charge in [-0.15, -0.1) is 11.8 Å². The Balaban J connectivity index is 0.883. The van der Waals surface area contributed by atoms with Crippen molar-refractivity contribution in [2.45, 2.75) is 61.9 Å². The maximum Gasteiger partial charge on any atom is 0.263 e. The van der Waals surface area contributed by atoms with E-state index < -0.39 is 29.7 Å². The molecule has 3 aliphatic heterocycles. The zero-order chi connectivity index (χ0) is 38.1. The summed E-state index contributed by atoms with van der Waals surface area (Å²) in [6, 6.07) is 21.2. The van der Waals surface area contributed by atoms with E-state index in [1.807, 2.05) is 64.2 Å². The van der Waals surface area contributed by atoms with Gasteiger partial charge < -0.3 is 15.4 Å². The molecule has 0 spiro atoms. The lowest BCUT2D eigenvalue weighted by Crippen LogP contribution is -2.54. The second-order valence-corrected chi connectivity index (χ2v) is 14.9. The maximum absolute atomic E-state index is 13.5. The summed E-state index contributed by atoms with van der Waals surface area (Å²) in [6.45, 7) is 1.15. The predicted molar refractivity (Wildman–Crippen MR) is 204 cm³/mol. The number of imide groups is 2. The van der Waals surface area contributed by atoms with E-state index in [9.17, 15) is 24.0 Å². The Morgan fingerprint density at radius 1 is 0.909 bits per heavy atom. The molecule has 14 nitrogen and oxygen atoms in total. The number of benzene rings is 3. The molecule has 5 heterocycles. The van der Waals surface area contributed by atoms with Crippen molar-refractivity contribution in [3.8, 4) is 22.8 Å². The molecule has 5 amide bonds. The standard InChI is InChI=1S/C40H38N8O6S/c41-36-34-35(24-14-16-27(17-15-24)54-26-9-2-1-3-10-26)45-48(37(34)43-23-42-36)25-8-7-20-46(22-25)32(50)13-4-5-21-55-30-12-6-11-28-33(30)40(53)47(39(28)52)29-18-19-31(49)44-38(29)51/h1-3,6,9-12,14-17,23,25,29H,4-5,7-8,13,18-22H2,(H2,41,42,43)(H,44,49,51). The van der Waals surface area contributed by atoms with Crippen molar-refractivity contribution in [2.75, 3.05) is 24.6 Å². The van der Waals surface area contributed by atoms with Crippen molar-refractivity contribution >= 4 is 58.1 Å². The highest BCUT2D eigenvalue weighted by Crippen LogP contribution is 2.37. The molecule has 15 heteroatoms. The lowest BCUT2D eigenvalue weighted by Gasteiger charge is -2.33. The van der Waals surface area contributed by atoms with E-state index in [0.29, 0.717) is 64.9 Å². The molecule has 0 bridgehead atoms.